The first-order chi connectivity index (χ1) is 10.4. The molecule has 0 spiro atoms. The molecular weight excluding hydrogens is 280 g/mol. The van der Waals surface area contributed by atoms with Crippen molar-refractivity contribution in [3.05, 3.63) is 11.6 Å². The Kier molecular flexibility index (Phi) is 4.60. The molecule has 1 heterocycles. The van der Waals surface area contributed by atoms with E-state index in [0.29, 0.717) is 12.0 Å². The third-order valence-corrected chi connectivity index (χ3v) is 5.55. The maximum Gasteiger partial charge on any atom is 0.303 e. The third kappa shape index (κ3) is 3.54. The zero-order chi connectivity index (χ0) is 15.7. The van der Waals surface area contributed by atoms with Crippen LogP contribution in [0.15, 0.2) is 11.6 Å². The van der Waals surface area contributed by atoms with Gasteiger partial charge >= 0.3 is 5.97 Å². The Morgan fingerprint density at radius 3 is 2.95 bits per heavy atom. The standard InChI is InChI=1S/C18H28O4/c1-18(2)21-8-7-14-15-10-12(5-3-4-6-17(19)20)9-13(15)11-16(14)22-18/h5,13-16H,3-4,6-11H2,1-2H3,(H,19,20)/b12-5+/t13-,14+,15-,16+/m0/s1. The van der Waals surface area contributed by atoms with Crippen LogP contribution in [-0.4, -0.2) is 29.6 Å². The predicted molar refractivity (Wildman–Crippen MR) is 83.4 cm³/mol. The molecule has 0 aromatic rings. The quantitative estimate of drug-likeness (QED) is 0.634. The summed E-state index contributed by atoms with van der Waals surface area (Å²) in [6.07, 6.45) is 9.25. The van der Waals surface area contributed by atoms with Gasteiger partial charge in [0.05, 0.1) is 12.7 Å². The Balaban J connectivity index is 1.56. The number of carboxylic acid groups (broad SMARTS) is 1. The molecule has 22 heavy (non-hydrogen) atoms. The Hall–Kier alpha value is -0.870. The largest absolute Gasteiger partial charge is 0.481 e. The first kappa shape index (κ1) is 16.0. The smallest absolute Gasteiger partial charge is 0.303 e. The Morgan fingerprint density at radius 2 is 2.18 bits per heavy atom. The van der Waals surface area contributed by atoms with Crippen molar-refractivity contribution < 1.29 is 19.4 Å². The molecule has 1 N–H and O–H groups in total. The fourth-order valence-electron chi connectivity index (χ4n) is 4.65. The van der Waals surface area contributed by atoms with E-state index < -0.39 is 11.8 Å². The van der Waals surface area contributed by atoms with E-state index in [4.69, 9.17) is 14.6 Å². The van der Waals surface area contributed by atoms with E-state index >= 15 is 0 Å². The first-order valence-corrected chi connectivity index (χ1v) is 8.66. The van der Waals surface area contributed by atoms with Gasteiger partial charge in [0.25, 0.3) is 0 Å². The number of unbranched alkanes of at least 4 members (excludes halogenated alkanes) is 1. The molecule has 0 aromatic heterocycles. The first-order valence-electron chi connectivity index (χ1n) is 8.66. The molecule has 4 nitrogen and oxygen atoms in total. The minimum Gasteiger partial charge on any atom is -0.481 e. The van der Waals surface area contributed by atoms with Gasteiger partial charge in [-0.05, 0) is 70.1 Å². The predicted octanol–water partition coefficient (Wildman–Crippen LogP) is 3.76. The van der Waals surface area contributed by atoms with Crippen LogP contribution in [0.1, 0.15) is 58.8 Å². The summed E-state index contributed by atoms with van der Waals surface area (Å²) in [7, 11) is 0. The lowest BCUT2D eigenvalue weighted by Gasteiger charge is -2.28. The summed E-state index contributed by atoms with van der Waals surface area (Å²) in [6.45, 7) is 4.85. The second-order valence-electron chi connectivity index (χ2n) is 7.57. The van der Waals surface area contributed by atoms with Crippen LogP contribution in [0.2, 0.25) is 0 Å². The molecule has 4 heteroatoms. The fourth-order valence-corrected chi connectivity index (χ4v) is 4.65. The van der Waals surface area contributed by atoms with E-state index in [2.05, 4.69) is 6.08 Å². The topological polar surface area (TPSA) is 55.8 Å². The van der Waals surface area contributed by atoms with E-state index in [9.17, 15) is 4.79 Å². The molecule has 0 radical (unpaired) electrons. The lowest BCUT2D eigenvalue weighted by atomic mass is 9.89. The van der Waals surface area contributed by atoms with Gasteiger partial charge in [-0.15, -0.1) is 0 Å². The highest BCUT2D eigenvalue weighted by Gasteiger charge is 2.49. The van der Waals surface area contributed by atoms with E-state index in [0.717, 1.165) is 44.1 Å². The monoisotopic (exact) mass is 308 g/mol. The number of ether oxygens (including phenoxy) is 2. The zero-order valence-corrected chi connectivity index (χ0v) is 13.7. The van der Waals surface area contributed by atoms with Crippen molar-refractivity contribution in [1.29, 1.82) is 0 Å². The molecular formula is C18H28O4. The number of carboxylic acids is 1. The highest BCUT2D eigenvalue weighted by Crippen LogP contribution is 2.53. The molecule has 2 saturated carbocycles. The third-order valence-electron chi connectivity index (χ3n) is 5.55. The SMILES string of the molecule is CC1(C)OCC[C@@H]2[C@H]3C/C(=C/CCCC(=O)O)C[C@H]3C[C@H]2O1. The van der Waals surface area contributed by atoms with E-state index in [1.165, 1.54) is 12.8 Å². The van der Waals surface area contributed by atoms with Gasteiger partial charge in [-0.2, -0.15) is 0 Å². The lowest BCUT2D eigenvalue weighted by molar-refractivity contribution is -0.225. The Labute approximate surface area is 132 Å². The molecule has 3 rings (SSSR count). The Bertz CT molecular complexity index is 454. The summed E-state index contributed by atoms with van der Waals surface area (Å²) in [5, 5.41) is 8.69. The number of aliphatic carboxylic acids is 1. The van der Waals surface area contributed by atoms with E-state index in [1.807, 2.05) is 13.8 Å². The second-order valence-corrected chi connectivity index (χ2v) is 7.57. The second kappa shape index (κ2) is 6.32. The summed E-state index contributed by atoms with van der Waals surface area (Å²) in [5.41, 5.74) is 1.54. The molecule has 4 atom stereocenters. The molecule has 124 valence electrons. The van der Waals surface area contributed by atoms with E-state index in [1.54, 1.807) is 5.57 Å². The average molecular weight is 308 g/mol. The van der Waals surface area contributed by atoms with Gasteiger partial charge in [-0.3, -0.25) is 4.79 Å². The maximum atomic E-state index is 10.6. The van der Waals surface area contributed by atoms with Crippen LogP contribution < -0.4 is 0 Å². The number of hydrogen-bond acceptors (Lipinski definition) is 3. The van der Waals surface area contributed by atoms with Crippen LogP contribution in [0.25, 0.3) is 0 Å². The highest BCUT2D eigenvalue weighted by atomic mass is 16.7. The molecule has 0 bridgehead atoms. The lowest BCUT2D eigenvalue weighted by Crippen LogP contribution is -2.32. The minimum absolute atomic E-state index is 0.279. The molecule has 3 fully saturated rings. The Morgan fingerprint density at radius 1 is 1.36 bits per heavy atom. The van der Waals surface area contributed by atoms with Gasteiger partial charge < -0.3 is 14.6 Å². The summed E-state index contributed by atoms with van der Waals surface area (Å²) in [4.78, 5) is 10.6. The molecule has 0 amide bonds. The average Bonchev–Trinajstić information content (AvgIpc) is 2.88. The number of rotatable bonds is 4. The number of carbonyl (C=O) groups is 1. The number of hydrogen-bond donors (Lipinski definition) is 1. The van der Waals surface area contributed by atoms with Crippen molar-refractivity contribution in [3.8, 4) is 0 Å². The van der Waals surface area contributed by atoms with Crippen molar-refractivity contribution in [2.24, 2.45) is 17.8 Å². The van der Waals surface area contributed by atoms with Gasteiger partial charge in [0.15, 0.2) is 5.79 Å². The molecule has 2 aliphatic carbocycles. The van der Waals surface area contributed by atoms with Crippen molar-refractivity contribution in [1.82, 2.24) is 0 Å². The van der Waals surface area contributed by atoms with E-state index in [-0.39, 0.29) is 6.42 Å². The molecule has 1 aliphatic heterocycles. The van der Waals surface area contributed by atoms with Crippen molar-refractivity contribution in [2.45, 2.75) is 70.7 Å². The maximum absolute atomic E-state index is 10.6. The fraction of sp³-hybridized carbons (Fsp3) is 0.833. The molecule has 1 saturated heterocycles. The highest BCUT2D eigenvalue weighted by molar-refractivity contribution is 5.66. The summed E-state index contributed by atoms with van der Waals surface area (Å²) >= 11 is 0. The van der Waals surface area contributed by atoms with Crippen molar-refractivity contribution in [2.75, 3.05) is 6.61 Å². The minimum atomic E-state index is -0.692. The van der Waals surface area contributed by atoms with Gasteiger partial charge in [0, 0.05) is 6.42 Å². The molecule has 3 aliphatic rings. The normalized spacial score (nSPS) is 38.5. The van der Waals surface area contributed by atoms with Gasteiger partial charge in [-0.1, -0.05) is 11.6 Å². The van der Waals surface area contributed by atoms with Crippen molar-refractivity contribution >= 4 is 5.97 Å². The van der Waals surface area contributed by atoms with Gasteiger partial charge in [0.2, 0.25) is 0 Å². The van der Waals surface area contributed by atoms with Gasteiger partial charge in [-0.25, -0.2) is 0 Å². The number of allylic oxidation sites excluding steroid dienone is 2. The van der Waals surface area contributed by atoms with Crippen LogP contribution in [0.5, 0.6) is 0 Å². The van der Waals surface area contributed by atoms with Crippen LogP contribution in [0.3, 0.4) is 0 Å². The summed E-state index contributed by atoms with van der Waals surface area (Å²) in [6, 6.07) is 0. The molecule has 0 unspecified atom stereocenters. The molecule has 0 aromatic carbocycles. The van der Waals surface area contributed by atoms with Crippen LogP contribution >= 0.6 is 0 Å². The summed E-state index contributed by atoms with van der Waals surface area (Å²) < 4.78 is 12.0. The van der Waals surface area contributed by atoms with Gasteiger partial charge in [0.1, 0.15) is 0 Å². The van der Waals surface area contributed by atoms with Crippen molar-refractivity contribution in [3.63, 3.8) is 0 Å². The van der Waals surface area contributed by atoms with Crippen LogP contribution in [0, 0.1) is 17.8 Å². The number of fused-ring (bicyclic) bond motifs is 3. The summed E-state index contributed by atoms with van der Waals surface area (Å²) in [5.74, 6) is 1.01. The zero-order valence-electron chi connectivity index (χ0n) is 13.7. The van der Waals surface area contributed by atoms with Crippen LogP contribution in [-0.2, 0) is 14.3 Å². The van der Waals surface area contributed by atoms with Crippen LogP contribution in [0.4, 0.5) is 0 Å².